The zero-order chi connectivity index (χ0) is 16.1. The summed E-state index contributed by atoms with van der Waals surface area (Å²) in [4.78, 5) is 11.9. The summed E-state index contributed by atoms with van der Waals surface area (Å²) < 4.78 is 5.12. The topological polar surface area (TPSA) is 38.3 Å². The molecule has 0 saturated carbocycles. The van der Waals surface area contributed by atoms with Crippen molar-refractivity contribution in [2.24, 2.45) is 0 Å². The summed E-state index contributed by atoms with van der Waals surface area (Å²) in [5, 5.41) is 3.61. The Bertz CT molecular complexity index is 729. The highest BCUT2D eigenvalue weighted by atomic mass is 35.5. The van der Waals surface area contributed by atoms with Gasteiger partial charge < -0.3 is 10.1 Å². The largest absolute Gasteiger partial charge is 0.497 e. The first-order valence-electron chi connectivity index (χ1n) is 6.27. The van der Waals surface area contributed by atoms with Gasteiger partial charge in [-0.05, 0) is 35.9 Å². The maximum absolute atomic E-state index is 11.9. The normalized spacial score (nSPS) is 10.7. The van der Waals surface area contributed by atoms with E-state index in [9.17, 15) is 4.79 Å². The molecule has 0 bridgehead atoms. The Balaban J connectivity index is 2.09. The molecule has 0 atom stereocenters. The van der Waals surface area contributed by atoms with E-state index in [1.165, 1.54) is 18.2 Å². The third kappa shape index (κ3) is 4.41. The minimum Gasteiger partial charge on any atom is -0.497 e. The van der Waals surface area contributed by atoms with Gasteiger partial charge in [0.15, 0.2) is 0 Å². The Kier molecular flexibility index (Phi) is 5.72. The highest BCUT2D eigenvalue weighted by Gasteiger charge is 2.07. The van der Waals surface area contributed by atoms with Crippen LogP contribution in [-0.4, -0.2) is 13.0 Å². The van der Waals surface area contributed by atoms with Crippen molar-refractivity contribution in [3.63, 3.8) is 0 Å². The highest BCUT2D eigenvalue weighted by molar-refractivity contribution is 6.44. The molecule has 3 nitrogen and oxygen atoms in total. The monoisotopic (exact) mass is 355 g/mol. The minimum absolute atomic E-state index is 0.317. The lowest BCUT2D eigenvalue weighted by Gasteiger charge is -2.06. The van der Waals surface area contributed by atoms with Gasteiger partial charge in [-0.25, -0.2) is 0 Å². The summed E-state index contributed by atoms with van der Waals surface area (Å²) >= 11 is 17.7. The van der Waals surface area contributed by atoms with Crippen LogP contribution in [0.1, 0.15) is 5.56 Å². The van der Waals surface area contributed by atoms with Crippen molar-refractivity contribution in [2.45, 2.75) is 0 Å². The van der Waals surface area contributed by atoms with Crippen molar-refractivity contribution in [3.05, 3.63) is 63.1 Å². The number of halogens is 3. The number of anilines is 1. The first-order valence-corrected chi connectivity index (χ1v) is 7.40. The predicted octanol–water partition coefficient (Wildman–Crippen LogP) is 5.31. The van der Waals surface area contributed by atoms with Gasteiger partial charge in [-0.1, -0.05) is 46.9 Å². The van der Waals surface area contributed by atoms with Crippen molar-refractivity contribution in [3.8, 4) is 5.75 Å². The minimum atomic E-state index is -0.330. The third-order valence-corrected chi connectivity index (χ3v) is 3.82. The van der Waals surface area contributed by atoms with Gasteiger partial charge in [0.25, 0.3) is 0 Å². The Labute approximate surface area is 143 Å². The number of carbonyl (C=O) groups is 1. The lowest BCUT2D eigenvalue weighted by molar-refractivity contribution is -0.111. The fourth-order valence-electron chi connectivity index (χ4n) is 1.71. The first-order chi connectivity index (χ1) is 10.5. The van der Waals surface area contributed by atoms with Gasteiger partial charge in [0.1, 0.15) is 5.75 Å². The molecule has 0 heterocycles. The van der Waals surface area contributed by atoms with E-state index >= 15 is 0 Å². The number of carbonyl (C=O) groups excluding carboxylic acids is 1. The number of ether oxygens (including phenoxy) is 1. The second-order valence-corrected chi connectivity index (χ2v) is 5.57. The molecule has 2 aromatic carbocycles. The molecule has 6 heteroatoms. The number of hydrogen-bond donors (Lipinski definition) is 1. The van der Waals surface area contributed by atoms with Gasteiger partial charge in [0.2, 0.25) is 5.91 Å². The third-order valence-electron chi connectivity index (χ3n) is 2.79. The first kappa shape index (κ1) is 16.7. The molecule has 0 aromatic heterocycles. The van der Waals surface area contributed by atoms with Gasteiger partial charge in [0, 0.05) is 6.08 Å². The predicted molar refractivity (Wildman–Crippen MR) is 92.1 cm³/mol. The molecule has 1 amide bonds. The molecule has 0 aliphatic carbocycles. The molecule has 0 saturated heterocycles. The van der Waals surface area contributed by atoms with Crippen molar-refractivity contribution in [1.82, 2.24) is 0 Å². The van der Waals surface area contributed by atoms with Crippen molar-refractivity contribution >= 4 is 52.5 Å². The van der Waals surface area contributed by atoms with Crippen LogP contribution in [0.25, 0.3) is 6.08 Å². The van der Waals surface area contributed by atoms with E-state index in [0.717, 1.165) is 11.3 Å². The van der Waals surface area contributed by atoms with Crippen LogP contribution >= 0.6 is 34.8 Å². The fraction of sp³-hybridized carbons (Fsp3) is 0.0625. The lowest BCUT2D eigenvalue weighted by Crippen LogP contribution is -2.08. The van der Waals surface area contributed by atoms with Crippen LogP contribution in [0.2, 0.25) is 15.1 Å². The van der Waals surface area contributed by atoms with Crippen LogP contribution in [0, 0.1) is 0 Å². The van der Waals surface area contributed by atoms with Gasteiger partial charge in [-0.2, -0.15) is 0 Å². The number of rotatable bonds is 4. The summed E-state index contributed by atoms with van der Waals surface area (Å²) in [7, 11) is 1.59. The SMILES string of the molecule is COc1cccc(/C=C/C(=O)Nc2cc(Cl)c(Cl)cc2Cl)c1. The van der Waals surface area contributed by atoms with Crippen LogP contribution in [0.3, 0.4) is 0 Å². The number of hydrogen-bond acceptors (Lipinski definition) is 2. The Morgan fingerprint density at radius 1 is 1.09 bits per heavy atom. The molecular formula is C16H12Cl3NO2. The van der Waals surface area contributed by atoms with Gasteiger partial charge in [0.05, 0.1) is 27.9 Å². The van der Waals surface area contributed by atoms with Gasteiger partial charge in [-0.3, -0.25) is 4.79 Å². The maximum Gasteiger partial charge on any atom is 0.248 e. The summed E-state index contributed by atoms with van der Waals surface area (Å²) in [5.41, 5.74) is 1.24. The molecule has 22 heavy (non-hydrogen) atoms. The number of nitrogens with one attached hydrogen (secondary N) is 1. The van der Waals surface area contributed by atoms with E-state index in [0.29, 0.717) is 20.8 Å². The molecule has 0 spiro atoms. The molecule has 0 fully saturated rings. The molecule has 0 radical (unpaired) electrons. The number of methoxy groups -OCH3 is 1. The fourth-order valence-corrected chi connectivity index (χ4v) is 2.30. The summed E-state index contributed by atoms with van der Waals surface area (Å²) in [5.74, 6) is 0.387. The van der Waals surface area contributed by atoms with Crippen LogP contribution in [0.5, 0.6) is 5.75 Å². The molecular weight excluding hydrogens is 345 g/mol. The van der Waals surface area contributed by atoms with E-state index in [-0.39, 0.29) is 5.91 Å². The average molecular weight is 357 g/mol. The molecule has 1 N–H and O–H groups in total. The summed E-state index contributed by atoms with van der Waals surface area (Å²) in [6, 6.07) is 10.3. The van der Waals surface area contributed by atoms with Crippen LogP contribution < -0.4 is 10.1 Å². The zero-order valence-corrected chi connectivity index (χ0v) is 13.8. The van der Waals surface area contributed by atoms with Crippen molar-refractivity contribution in [1.29, 1.82) is 0 Å². The zero-order valence-electron chi connectivity index (χ0n) is 11.6. The number of amides is 1. The Morgan fingerprint density at radius 2 is 1.82 bits per heavy atom. The summed E-state index contributed by atoms with van der Waals surface area (Å²) in [6.45, 7) is 0. The highest BCUT2D eigenvalue weighted by Crippen LogP contribution is 2.32. The van der Waals surface area contributed by atoms with E-state index in [1.807, 2.05) is 24.3 Å². The molecule has 0 unspecified atom stereocenters. The quantitative estimate of drug-likeness (QED) is 0.596. The van der Waals surface area contributed by atoms with E-state index in [4.69, 9.17) is 39.5 Å². The van der Waals surface area contributed by atoms with Gasteiger partial charge >= 0.3 is 0 Å². The molecule has 0 aliphatic rings. The molecule has 2 rings (SSSR count). The summed E-state index contributed by atoms with van der Waals surface area (Å²) in [6.07, 6.45) is 3.07. The maximum atomic E-state index is 11.9. The Hall–Kier alpha value is -1.68. The smallest absolute Gasteiger partial charge is 0.248 e. The van der Waals surface area contributed by atoms with Crippen LogP contribution in [-0.2, 0) is 4.79 Å². The van der Waals surface area contributed by atoms with E-state index < -0.39 is 0 Å². The van der Waals surface area contributed by atoms with Crippen LogP contribution in [0.15, 0.2) is 42.5 Å². The van der Waals surface area contributed by atoms with Crippen molar-refractivity contribution < 1.29 is 9.53 Å². The number of benzene rings is 2. The Morgan fingerprint density at radius 3 is 2.55 bits per heavy atom. The molecule has 2 aromatic rings. The average Bonchev–Trinajstić information content (AvgIpc) is 2.51. The van der Waals surface area contributed by atoms with Gasteiger partial charge in [-0.15, -0.1) is 0 Å². The second-order valence-electron chi connectivity index (χ2n) is 4.35. The van der Waals surface area contributed by atoms with E-state index in [1.54, 1.807) is 13.2 Å². The van der Waals surface area contributed by atoms with Crippen molar-refractivity contribution in [2.75, 3.05) is 12.4 Å². The second kappa shape index (κ2) is 7.54. The molecule has 114 valence electrons. The standard InChI is InChI=1S/C16H12Cl3NO2/c1-22-11-4-2-3-10(7-11)5-6-16(21)20-15-9-13(18)12(17)8-14(15)19/h2-9H,1H3,(H,20,21)/b6-5+. The van der Waals surface area contributed by atoms with E-state index in [2.05, 4.69) is 5.32 Å². The van der Waals surface area contributed by atoms with Crippen LogP contribution in [0.4, 0.5) is 5.69 Å². The molecule has 0 aliphatic heterocycles. The lowest BCUT2D eigenvalue weighted by atomic mass is 10.2.